The van der Waals surface area contributed by atoms with E-state index in [9.17, 15) is 10.1 Å². The Labute approximate surface area is 107 Å². The fourth-order valence-electron chi connectivity index (χ4n) is 1.73. The van der Waals surface area contributed by atoms with Gasteiger partial charge in [0.1, 0.15) is 6.33 Å². The van der Waals surface area contributed by atoms with Crippen LogP contribution in [0.25, 0.3) is 5.82 Å². The van der Waals surface area contributed by atoms with Crippen molar-refractivity contribution in [1.82, 2.24) is 19.7 Å². The first-order valence-corrected chi connectivity index (χ1v) is 5.75. The van der Waals surface area contributed by atoms with Crippen LogP contribution in [0.5, 0.6) is 0 Å². The Morgan fingerprint density at radius 1 is 1.44 bits per heavy atom. The summed E-state index contributed by atoms with van der Waals surface area (Å²) in [6.07, 6.45) is 5.07. The van der Waals surface area contributed by atoms with Crippen molar-refractivity contribution >= 4 is 17.3 Å². The first-order valence-electron chi connectivity index (χ1n) is 5.37. The minimum Gasteiger partial charge on any atom is -0.258 e. The average molecular weight is 266 g/mol. The van der Waals surface area contributed by atoms with Crippen LogP contribution >= 0.6 is 11.6 Å². The molecule has 0 aliphatic heterocycles. The van der Waals surface area contributed by atoms with E-state index < -0.39 is 4.92 Å². The van der Waals surface area contributed by atoms with Gasteiger partial charge in [-0.15, -0.1) is 0 Å². The van der Waals surface area contributed by atoms with Crippen LogP contribution in [-0.4, -0.2) is 24.7 Å². The summed E-state index contributed by atoms with van der Waals surface area (Å²) in [6, 6.07) is 1.84. The number of nitrogens with zero attached hydrogens (tertiary/aromatic N) is 5. The minimum absolute atomic E-state index is 0.0897. The van der Waals surface area contributed by atoms with Crippen LogP contribution in [-0.2, 0) is 0 Å². The van der Waals surface area contributed by atoms with Gasteiger partial charge in [0.25, 0.3) is 0 Å². The molecule has 0 amide bonds. The second-order valence-corrected chi connectivity index (χ2v) is 4.41. The number of aromatic nitrogens is 4. The molecular weight excluding hydrogens is 258 g/mol. The molecule has 0 atom stereocenters. The second kappa shape index (κ2) is 4.02. The van der Waals surface area contributed by atoms with Crippen LogP contribution < -0.4 is 0 Å². The van der Waals surface area contributed by atoms with E-state index >= 15 is 0 Å². The number of halogens is 1. The van der Waals surface area contributed by atoms with Gasteiger partial charge >= 0.3 is 5.69 Å². The summed E-state index contributed by atoms with van der Waals surface area (Å²) in [5.41, 5.74) is 0.601. The summed E-state index contributed by atoms with van der Waals surface area (Å²) in [5.74, 6) is 0.564. The van der Waals surface area contributed by atoms with Gasteiger partial charge in [-0.25, -0.2) is 14.6 Å². The van der Waals surface area contributed by atoms with Gasteiger partial charge < -0.3 is 0 Å². The lowest BCUT2D eigenvalue weighted by Gasteiger charge is -2.01. The first kappa shape index (κ1) is 11.1. The van der Waals surface area contributed by atoms with Crippen LogP contribution in [0, 0.1) is 10.1 Å². The van der Waals surface area contributed by atoms with Crippen molar-refractivity contribution in [1.29, 1.82) is 0 Å². The highest BCUT2D eigenvalue weighted by molar-refractivity contribution is 6.31. The molecule has 0 bridgehead atoms. The van der Waals surface area contributed by atoms with Crippen LogP contribution in [0.15, 0.2) is 18.6 Å². The average Bonchev–Trinajstić information content (AvgIpc) is 3.06. The molecule has 1 aliphatic carbocycles. The quantitative estimate of drug-likeness (QED) is 0.482. The Kier molecular flexibility index (Phi) is 2.48. The number of rotatable bonds is 3. The number of hydrogen-bond donors (Lipinski definition) is 0. The third-order valence-electron chi connectivity index (χ3n) is 2.76. The second-order valence-electron chi connectivity index (χ2n) is 4.05. The van der Waals surface area contributed by atoms with Crippen LogP contribution in [0.1, 0.15) is 24.5 Å². The van der Waals surface area contributed by atoms with Crippen molar-refractivity contribution in [2.24, 2.45) is 0 Å². The van der Waals surface area contributed by atoms with Gasteiger partial charge in [0, 0.05) is 12.1 Å². The van der Waals surface area contributed by atoms with E-state index in [4.69, 9.17) is 11.6 Å². The molecule has 8 heteroatoms. The maximum Gasteiger partial charge on any atom is 0.350 e. The Morgan fingerprint density at radius 3 is 2.89 bits per heavy atom. The van der Waals surface area contributed by atoms with Gasteiger partial charge in [0.05, 0.1) is 10.6 Å². The van der Waals surface area contributed by atoms with Crippen molar-refractivity contribution < 1.29 is 4.92 Å². The molecule has 0 spiro atoms. The summed E-state index contributed by atoms with van der Waals surface area (Å²) in [6.45, 7) is 0. The summed E-state index contributed by atoms with van der Waals surface area (Å²) < 4.78 is 1.37. The zero-order valence-corrected chi connectivity index (χ0v) is 9.91. The Hall–Kier alpha value is -2.02. The Bertz CT molecular complexity index is 622. The molecule has 0 N–H and O–H groups in total. The SMILES string of the molecule is O=[N+]([O-])c1c(Cl)ncnc1-n1ccc(C2CC2)n1. The predicted molar refractivity (Wildman–Crippen MR) is 62.8 cm³/mol. The zero-order chi connectivity index (χ0) is 12.7. The molecule has 0 unspecified atom stereocenters. The van der Waals surface area contributed by atoms with Gasteiger partial charge in [-0.2, -0.15) is 5.10 Å². The standard InChI is InChI=1S/C10H8ClN5O2/c11-9-8(16(17)18)10(13-5-12-9)15-4-3-7(14-15)6-1-2-6/h3-6H,1-2H2. The summed E-state index contributed by atoms with van der Waals surface area (Å²) in [7, 11) is 0. The maximum atomic E-state index is 11.0. The summed E-state index contributed by atoms with van der Waals surface area (Å²) in [5, 5.41) is 15.1. The molecule has 1 saturated carbocycles. The lowest BCUT2D eigenvalue weighted by atomic mass is 10.3. The van der Waals surface area contributed by atoms with Crippen molar-refractivity contribution in [2.75, 3.05) is 0 Å². The minimum atomic E-state index is -0.601. The largest absolute Gasteiger partial charge is 0.350 e. The Morgan fingerprint density at radius 2 is 2.22 bits per heavy atom. The smallest absolute Gasteiger partial charge is 0.258 e. The normalized spacial score (nSPS) is 14.7. The maximum absolute atomic E-state index is 11.0. The highest BCUT2D eigenvalue weighted by Crippen LogP contribution is 2.39. The molecule has 1 aliphatic rings. The van der Waals surface area contributed by atoms with E-state index in [1.165, 1.54) is 11.0 Å². The molecule has 7 nitrogen and oxygen atoms in total. The van der Waals surface area contributed by atoms with Gasteiger partial charge in [0.2, 0.25) is 11.0 Å². The fraction of sp³-hybridized carbons (Fsp3) is 0.300. The van der Waals surface area contributed by atoms with Crippen molar-refractivity contribution in [3.8, 4) is 5.82 Å². The van der Waals surface area contributed by atoms with Crippen LogP contribution in [0.2, 0.25) is 5.15 Å². The molecular formula is C10H8ClN5O2. The number of nitro groups is 1. The molecule has 1 fully saturated rings. The third kappa shape index (κ3) is 1.82. The Balaban J connectivity index is 2.09. The van der Waals surface area contributed by atoms with E-state index in [0.29, 0.717) is 5.92 Å². The van der Waals surface area contributed by atoms with E-state index in [1.54, 1.807) is 6.20 Å². The van der Waals surface area contributed by atoms with Gasteiger partial charge in [0.15, 0.2) is 0 Å². The summed E-state index contributed by atoms with van der Waals surface area (Å²) in [4.78, 5) is 17.9. The summed E-state index contributed by atoms with van der Waals surface area (Å²) >= 11 is 5.72. The van der Waals surface area contributed by atoms with Crippen molar-refractivity contribution in [3.05, 3.63) is 39.6 Å². The van der Waals surface area contributed by atoms with Crippen molar-refractivity contribution in [3.63, 3.8) is 0 Å². The fourth-order valence-corrected chi connectivity index (χ4v) is 1.92. The highest BCUT2D eigenvalue weighted by atomic mass is 35.5. The molecule has 2 aromatic rings. The van der Waals surface area contributed by atoms with E-state index in [-0.39, 0.29) is 16.7 Å². The molecule has 0 saturated heterocycles. The molecule has 0 aromatic carbocycles. The van der Waals surface area contributed by atoms with Crippen molar-refractivity contribution in [2.45, 2.75) is 18.8 Å². The lowest BCUT2D eigenvalue weighted by Crippen LogP contribution is -2.05. The number of hydrogen-bond acceptors (Lipinski definition) is 5. The van der Waals surface area contributed by atoms with E-state index in [1.807, 2.05) is 6.07 Å². The van der Waals surface area contributed by atoms with Crippen LogP contribution in [0.4, 0.5) is 5.69 Å². The zero-order valence-electron chi connectivity index (χ0n) is 9.15. The van der Waals surface area contributed by atoms with E-state index in [0.717, 1.165) is 18.5 Å². The van der Waals surface area contributed by atoms with Gasteiger partial charge in [-0.05, 0) is 18.9 Å². The van der Waals surface area contributed by atoms with Gasteiger partial charge in [-0.3, -0.25) is 10.1 Å². The topological polar surface area (TPSA) is 86.7 Å². The monoisotopic (exact) mass is 265 g/mol. The van der Waals surface area contributed by atoms with E-state index in [2.05, 4.69) is 15.1 Å². The molecule has 2 aromatic heterocycles. The van der Waals surface area contributed by atoms with Gasteiger partial charge in [-0.1, -0.05) is 11.6 Å². The molecule has 2 heterocycles. The van der Waals surface area contributed by atoms with Crippen LogP contribution in [0.3, 0.4) is 0 Å². The highest BCUT2D eigenvalue weighted by Gasteiger charge is 2.28. The molecule has 92 valence electrons. The predicted octanol–water partition coefficient (Wildman–Crippen LogP) is 2.10. The molecule has 0 radical (unpaired) electrons. The third-order valence-corrected chi connectivity index (χ3v) is 3.04. The molecule has 3 rings (SSSR count). The molecule has 18 heavy (non-hydrogen) atoms. The first-order chi connectivity index (χ1) is 8.66. The lowest BCUT2D eigenvalue weighted by molar-refractivity contribution is -0.385.